The van der Waals surface area contributed by atoms with Crippen molar-refractivity contribution in [1.82, 2.24) is 0 Å². The van der Waals surface area contributed by atoms with Gasteiger partial charge in [-0.05, 0) is 87.4 Å². The van der Waals surface area contributed by atoms with Crippen LogP contribution >= 0.6 is 0 Å². The van der Waals surface area contributed by atoms with Gasteiger partial charge in [-0.3, -0.25) is 9.59 Å². The second kappa shape index (κ2) is 6.06. The van der Waals surface area contributed by atoms with E-state index in [1.165, 1.54) is 32.6 Å². The van der Waals surface area contributed by atoms with Gasteiger partial charge in [-0.25, -0.2) is 0 Å². The fourth-order valence-corrected chi connectivity index (χ4v) is 9.51. The molecular weight excluding hydrogens is 352 g/mol. The number of rotatable bonds is 4. The molecule has 9 atom stereocenters. The summed E-state index contributed by atoms with van der Waals surface area (Å²) in [7, 11) is 1.91. The third-order valence-electron chi connectivity index (χ3n) is 10.6. The Morgan fingerprint density at radius 3 is 2.46 bits per heavy atom. The first kappa shape index (κ1) is 19.1. The van der Waals surface area contributed by atoms with Gasteiger partial charge < -0.3 is 9.47 Å². The van der Waals surface area contributed by atoms with Crippen LogP contribution in [0.5, 0.6) is 0 Å². The van der Waals surface area contributed by atoms with E-state index in [1.807, 2.05) is 7.11 Å². The second-order valence-electron chi connectivity index (χ2n) is 11.0. The molecule has 5 aliphatic rings. The predicted octanol–water partition coefficient (Wildman–Crippen LogP) is 4.40. The lowest BCUT2D eigenvalue weighted by Crippen LogP contribution is -2.58. The van der Waals surface area contributed by atoms with E-state index in [-0.39, 0.29) is 23.1 Å². The number of carbonyl (C=O) groups excluding carboxylic acids is 2. The Morgan fingerprint density at radius 1 is 1.04 bits per heavy atom. The Balaban J connectivity index is 1.51. The van der Waals surface area contributed by atoms with Crippen LogP contribution in [0.4, 0.5) is 0 Å². The van der Waals surface area contributed by atoms with Crippen molar-refractivity contribution in [2.45, 2.75) is 78.2 Å². The molecule has 0 radical (unpaired) electrons. The van der Waals surface area contributed by atoms with E-state index in [0.29, 0.717) is 35.4 Å². The minimum Gasteiger partial charge on any atom is -0.465 e. The minimum atomic E-state index is -0.217. The molecule has 5 aliphatic carbocycles. The van der Waals surface area contributed by atoms with Gasteiger partial charge in [0.1, 0.15) is 5.78 Å². The van der Waals surface area contributed by atoms with Crippen molar-refractivity contribution in [3.63, 3.8) is 0 Å². The van der Waals surface area contributed by atoms with Crippen LogP contribution in [0.15, 0.2) is 0 Å². The monoisotopic (exact) mass is 388 g/mol. The van der Waals surface area contributed by atoms with Gasteiger partial charge in [0.05, 0.1) is 12.7 Å². The van der Waals surface area contributed by atoms with Crippen LogP contribution in [0.1, 0.15) is 72.1 Å². The molecule has 4 heteroatoms. The first-order valence-electron chi connectivity index (χ1n) is 11.5. The SMILES string of the molecule is CO[C@@H]1C[C@H]2[C@@H]3CC[C@H](C(C)=O)[C@@]3(COC(C)=O)CC[C@@H]2[C@@]2(C)CC[C@@H]3C[C@]312. The maximum Gasteiger partial charge on any atom is 0.302 e. The van der Waals surface area contributed by atoms with Crippen LogP contribution < -0.4 is 0 Å². The van der Waals surface area contributed by atoms with Crippen LogP contribution in [0.2, 0.25) is 0 Å². The summed E-state index contributed by atoms with van der Waals surface area (Å²) in [5, 5.41) is 0. The Hall–Kier alpha value is -0.900. The maximum atomic E-state index is 12.6. The van der Waals surface area contributed by atoms with Crippen molar-refractivity contribution < 1.29 is 19.1 Å². The third kappa shape index (κ3) is 2.16. The molecule has 4 nitrogen and oxygen atoms in total. The van der Waals surface area contributed by atoms with Crippen molar-refractivity contribution in [3.05, 3.63) is 0 Å². The number of methoxy groups -OCH3 is 1. The van der Waals surface area contributed by atoms with Crippen LogP contribution in [0.25, 0.3) is 0 Å². The molecule has 156 valence electrons. The Morgan fingerprint density at radius 2 is 1.82 bits per heavy atom. The lowest BCUT2D eigenvalue weighted by atomic mass is 9.45. The minimum absolute atomic E-state index is 0.0553. The van der Waals surface area contributed by atoms with E-state index in [9.17, 15) is 9.59 Å². The highest BCUT2D eigenvalue weighted by atomic mass is 16.5. The molecule has 5 fully saturated rings. The van der Waals surface area contributed by atoms with Gasteiger partial charge in [0.25, 0.3) is 0 Å². The molecular formula is C24H36O4. The molecule has 0 bridgehead atoms. The van der Waals surface area contributed by atoms with Crippen molar-refractivity contribution in [3.8, 4) is 0 Å². The molecule has 0 unspecified atom stereocenters. The molecule has 0 N–H and O–H groups in total. The molecule has 5 saturated carbocycles. The van der Waals surface area contributed by atoms with E-state index >= 15 is 0 Å². The van der Waals surface area contributed by atoms with Crippen LogP contribution in [-0.2, 0) is 19.1 Å². The predicted molar refractivity (Wildman–Crippen MR) is 105 cm³/mol. The highest BCUT2D eigenvalue weighted by Gasteiger charge is 2.77. The van der Waals surface area contributed by atoms with E-state index in [1.54, 1.807) is 6.92 Å². The number of Topliss-reactive ketones (excluding diaryl/α,β-unsaturated/α-hetero) is 1. The summed E-state index contributed by atoms with van der Waals surface area (Å²) in [4.78, 5) is 24.2. The van der Waals surface area contributed by atoms with E-state index in [2.05, 4.69) is 6.92 Å². The summed E-state index contributed by atoms with van der Waals surface area (Å²) in [5.41, 5.74) is 0.680. The molecule has 1 spiro atoms. The fourth-order valence-electron chi connectivity index (χ4n) is 9.51. The quantitative estimate of drug-likeness (QED) is 0.670. The zero-order valence-electron chi connectivity index (χ0n) is 18.0. The van der Waals surface area contributed by atoms with E-state index < -0.39 is 0 Å². The fraction of sp³-hybridized carbons (Fsp3) is 0.917. The van der Waals surface area contributed by atoms with Gasteiger partial charge in [-0.15, -0.1) is 0 Å². The summed E-state index contributed by atoms with van der Waals surface area (Å²) in [6, 6.07) is 0. The van der Waals surface area contributed by atoms with Crippen molar-refractivity contribution in [1.29, 1.82) is 0 Å². The smallest absolute Gasteiger partial charge is 0.302 e. The second-order valence-corrected chi connectivity index (χ2v) is 11.0. The third-order valence-corrected chi connectivity index (χ3v) is 10.6. The summed E-state index contributed by atoms with van der Waals surface area (Å²) in [6.45, 7) is 6.24. The molecule has 0 aromatic carbocycles. The molecule has 0 saturated heterocycles. The zero-order valence-corrected chi connectivity index (χ0v) is 18.0. The Labute approximate surface area is 169 Å². The van der Waals surface area contributed by atoms with Crippen LogP contribution in [0.3, 0.4) is 0 Å². The van der Waals surface area contributed by atoms with E-state index in [4.69, 9.17) is 9.47 Å². The largest absolute Gasteiger partial charge is 0.465 e. The molecule has 0 heterocycles. The molecule has 0 aromatic rings. The van der Waals surface area contributed by atoms with Gasteiger partial charge in [-0.2, -0.15) is 0 Å². The highest BCUT2D eigenvalue weighted by molar-refractivity contribution is 5.79. The Kier molecular flexibility index (Phi) is 4.13. The lowest BCUT2D eigenvalue weighted by molar-refractivity contribution is -0.178. The number of ketones is 1. The molecule has 0 aliphatic heterocycles. The average molecular weight is 389 g/mol. The average Bonchev–Trinajstić information content (AvgIpc) is 3.12. The number of hydrogen-bond donors (Lipinski definition) is 0. The Bertz CT molecular complexity index is 703. The first-order chi connectivity index (χ1) is 13.3. The highest BCUT2D eigenvalue weighted by Crippen LogP contribution is 2.82. The number of carbonyl (C=O) groups is 2. The van der Waals surface area contributed by atoms with Crippen LogP contribution in [0, 0.1) is 45.8 Å². The zero-order chi connectivity index (χ0) is 19.9. The van der Waals surface area contributed by atoms with Gasteiger partial charge in [-0.1, -0.05) is 6.92 Å². The number of fused-ring (bicyclic) bond motifs is 4. The lowest BCUT2D eigenvalue weighted by Gasteiger charge is -2.61. The van der Waals surface area contributed by atoms with Crippen molar-refractivity contribution >= 4 is 11.8 Å². The van der Waals surface area contributed by atoms with Crippen molar-refractivity contribution in [2.75, 3.05) is 13.7 Å². The normalized spacial score (nSPS) is 53.6. The number of ether oxygens (including phenoxy) is 2. The summed E-state index contributed by atoms with van der Waals surface area (Å²) in [6.07, 6.45) is 9.90. The molecule has 0 aromatic heterocycles. The standard InChI is InChI=1S/C24H36O4/c1-14(25)18-5-6-20-17-11-21(27-4)24-12-16(24)7-9-22(24,3)19(17)8-10-23(18,20)13-28-15(2)26/h16-21H,5-13H2,1-4H3/t16-,17-,18-,19+,20+,21-,22-,23+,24+/m1/s1. The van der Waals surface area contributed by atoms with Crippen molar-refractivity contribution in [2.24, 2.45) is 45.8 Å². The summed E-state index contributed by atoms with van der Waals surface area (Å²) >= 11 is 0. The molecule has 0 amide bonds. The number of hydrogen-bond acceptors (Lipinski definition) is 4. The summed E-state index contributed by atoms with van der Waals surface area (Å²) < 4.78 is 11.8. The number of esters is 1. The summed E-state index contributed by atoms with van der Waals surface area (Å²) in [5.74, 6) is 2.85. The van der Waals surface area contributed by atoms with Crippen LogP contribution in [-0.4, -0.2) is 31.6 Å². The van der Waals surface area contributed by atoms with Gasteiger partial charge in [0.15, 0.2) is 0 Å². The molecule has 28 heavy (non-hydrogen) atoms. The molecule has 5 rings (SSSR count). The topological polar surface area (TPSA) is 52.6 Å². The first-order valence-corrected chi connectivity index (χ1v) is 11.5. The van der Waals surface area contributed by atoms with E-state index in [0.717, 1.165) is 37.5 Å². The van der Waals surface area contributed by atoms with Gasteiger partial charge in [0.2, 0.25) is 0 Å². The maximum absolute atomic E-state index is 12.6. The van der Waals surface area contributed by atoms with Gasteiger partial charge in [0, 0.05) is 30.8 Å². The van der Waals surface area contributed by atoms with Gasteiger partial charge >= 0.3 is 5.97 Å².